The van der Waals surface area contributed by atoms with Gasteiger partial charge >= 0.3 is 0 Å². The SMILES string of the molecule is CCc1cc(N2CCC(N3CCN(C)CC3)CC2)ccc1Nc1ncc(Cl)c(Nc2cccc3c2N(SC)CCC3)n1. The number of piperazine rings is 1. The molecule has 2 fully saturated rings. The van der Waals surface area contributed by atoms with Gasteiger partial charge in [-0.15, -0.1) is 0 Å². The number of nitrogens with zero attached hydrogens (tertiary/aromatic N) is 6. The van der Waals surface area contributed by atoms with Crippen LogP contribution in [0.25, 0.3) is 0 Å². The molecule has 0 amide bonds. The Kier molecular flexibility index (Phi) is 9.29. The van der Waals surface area contributed by atoms with Crippen LogP contribution < -0.4 is 19.8 Å². The van der Waals surface area contributed by atoms with E-state index in [-0.39, 0.29) is 0 Å². The molecular weight excluding hydrogens is 564 g/mol. The number of nitrogens with one attached hydrogen (secondary N) is 2. The van der Waals surface area contributed by atoms with E-state index in [0.29, 0.717) is 16.8 Å². The van der Waals surface area contributed by atoms with E-state index in [1.165, 1.54) is 61.5 Å². The van der Waals surface area contributed by atoms with Gasteiger partial charge in [-0.1, -0.05) is 42.6 Å². The number of benzene rings is 2. The second-order valence-electron chi connectivity index (χ2n) is 11.6. The van der Waals surface area contributed by atoms with Crippen LogP contribution in [0.15, 0.2) is 42.6 Å². The van der Waals surface area contributed by atoms with Gasteiger partial charge in [0.25, 0.3) is 0 Å². The lowest BCUT2D eigenvalue weighted by molar-refractivity contribution is 0.0982. The number of piperidine rings is 1. The molecule has 2 aromatic carbocycles. The standard InChI is InChI=1S/C32H43ClN8S/c1-4-23-21-26(39-15-12-25(13-16-39)40-19-17-38(2)18-20-40)10-11-28(23)36-32-34-22-27(33)31(37-32)35-29-9-5-7-24-8-6-14-41(42-3)30(24)29/h5,7,9-11,21-22,25H,4,6,8,12-20H2,1-3H3,(H2,34,35,36,37). The van der Waals surface area contributed by atoms with E-state index in [1.54, 1.807) is 18.1 Å². The number of fused-ring (bicyclic) bond motifs is 1. The highest BCUT2D eigenvalue weighted by molar-refractivity contribution is 8.00. The fraction of sp³-hybridized carbons (Fsp3) is 0.500. The lowest BCUT2D eigenvalue weighted by Gasteiger charge is -2.42. The molecule has 0 unspecified atom stereocenters. The van der Waals surface area contributed by atoms with Gasteiger partial charge in [0, 0.05) is 69.5 Å². The Morgan fingerprint density at radius 2 is 1.79 bits per heavy atom. The minimum atomic E-state index is 0.496. The molecule has 0 bridgehead atoms. The van der Waals surface area contributed by atoms with Gasteiger partial charge in [0.15, 0.2) is 5.82 Å². The molecule has 0 saturated carbocycles. The van der Waals surface area contributed by atoms with E-state index in [1.807, 2.05) is 0 Å². The van der Waals surface area contributed by atoms with Crippen LogP contribution in [0.4, 0.5) is 34.5 Å². The molecule has 0 atom stereocenters. The monoisotopic (exact) mass is 606 g/mol. The van der Waals surface area contributed by atoms with Crippen molar-refractivity contribution in [3.8, 4) is 0 Å². The lowest BCUT2D eigenvalue weighted by atomic mass is 10.0. The maximum Gasteiger partial charge on any atom is 0.229 e. The van der Waals surface area contributed by atoms with Crippen LogP contribution >= 0.6 is 23.5 Å². The molecule has 224 valence electrons. The van der Waals surface area contributed by atoms with Crippen molar-refractivity contribution in [3.63, 3.8) is 0 Å². The maximum atomic E-state index is 6.59. The van der Waals surface area contributed by atoms with E-state index >= 15 is 0 Å². The van der Waals surface area contributed by atoms with Crippen molar-refractivity contribution < 1.29 is 0 Å². The Balaban J connectivity index is 1.14. The second kappa shape index (κ2) is 13.3. The number of rotatable bonds is 8. The minimum absolute atomic E-state index is 0.496. The number of hydrogen-bond donors (Lipinski definition) is 2. The van der Waals surface area contributed by atoms with Crippen LogP contribution in [0.2, 0.25) is 5.02 Å². The Hall–Kier alpha value is -2.72. The number of likely N-dealkylation sites (N-methyl/N-ethyl adjacent to an activating group) is 1. The van der Waals surface area contributed by atoms with Gasteiger partial charge in [0.05, 0.1) is 17.6 Å². The summed E-state index contributed by atoms with van der Waals surface area (Å²) in [5.41, 5.74) is 7.18. The van der Waals surface area contributed by atoms with Crippen LogP contribution in [-0.4, -0.2) is 84.9 Å². The first-order valence-electron chi connectivity index (χ1n) is 15.3. The summed E-state index contributed by atoms with van der Waals surface area (Å²) in [5.74, 6) is 1.14. The zero-order chi connectivity index (χ0) is 29.1. The quantitative estimate of drug-likeness (QED) is 0.283. The maximum absolute atomic E-state index is 6.59. The van der Waals surface area contributed by atoms with Crippen LogP contribution in [0, 0.1) is 0 Å². The molecule has 0 radical (unpaired) electrons. The summed E-state index contributed by atoms with van der Waals surface area (Å²) in [5, 5.41) is 7.48. The third-order valence-corrected chi connectivity index (χ3v) is 10.1. The van der Waals surface area contributed by atoms with Crippen molar-refractivity contribution in [1.82, 2.24) is 19.8 Å². The van der Waals surface area contributed by atoms with Crippen molar-refractivity contribution >= 4 is 58.1 Å². The minimum Gasteiger partial charge on any atom is -0.371 e. The summed E-state index contributed by atoms with van der Waals surface area (Å²) in [4.78, 5) is 17.0. The largest absolute Gasteiger partial charge is 0.371 e. The Labute approximate surface area is 260 Å². The van der Waals surface area contributed by atoms with Gasteiger partial charge in [-0.05, 0) is 74.5 Å². The molecular formula is C32H43ClN8S. The molecule has 42 heavy (non-hydrogen) atoms. The second-order valence-corrected chi connectivity index (χ2v) is 12.8. The Morgan fingerprint density at radius 1 is 0.976 bits per heavy atom. The van der Waals surface area contributed by atoms with Crippen molar-refractivity contribution in [1.29, 1.82) is 0 Å². The van der Waals surface area contributed by atoms with Crippen molar-refractivity contribution in [2.75, 3.05) is 79.0 Å². The number of halogens is 1. The number of hydrogen-bond acceptors (Lipinski definition) is 9. The zero-order valence-corrected chi connectivity index (χ0v) is 26.6. The summed E-state index contributed by atoms with van der Waals surface area (Å²) >= 11 is 8.34. The van der Waals surface area contributed by atoms with Crippen molar-refractivity contribution in [2.45, 2.75) is 45.1 Å². The first-order valence-corrected chi connectivity index (χ1v) is 16.9. The lowest BCUT2D eigenvalue weighted by Crippen LogP contribution is -2.52. The number of aromatic nitrogens is 2. The molecule has 3 aliphatic rings. The van der Waals surface area contributed by atoms with E-state index in [4.69, 9.17) is 16.6 Å². The van der Waals surface area contributed by atoms with Gasteiger partial charge in [0.1, 0.15) is 5.02 Å². The van der Waals surface area contributed by atoms with Crippen molar-refractivity contribution in [3.05, 3.63) is 58.7 Å². The van der Waals surface area contributed by atoms with Gasteiger partial charge in [-0.2, -0.15) is 4.98 Å². The van der Waals surface area contributed by atoms with Crippen LogP contribution in [-0.2, 0) is 12.8 Å². The number of para-hydroxylation sites is 1. The summed E-state index contributed by atoms with van der Waals surface area (Å²) < 4.78 is 2.35. The summed E-state index contributed by atoms with van der Waals surface area (Å²) in [6.07, 6.45) is 9.43. The normalized spacial score (nSPS) is 18.7. The average Bonchev–Trinajstić information content (AvgIpc) is 3.03. The van der Waals surface area contributed by atoms with Crippen LogP contribution in [0.3, 0.4) is 0 Å². The first kappa shape index (κ1) is 29.4. The highest BCUT2D eigenvalue weighted by Crippen LogP contribution is 2.40. The molecule has 10 heteroatoms. The van der Waals surface area contributed by atoms with Gasteiger partial charge in [-0.3, -0.25) is 4.90 Å². The fourth-order valence-corrected chi connectivity index (χ4v) is 7.37. The van der Waals surface area contributed by atoms with Crippen LogP contribution in [0.1, 0.15) is 37.3 Å². The summed E-state index contributed by atoms with van der Waals surface area (Å²) in [6.45, 7) is 10.2. The highest BCUT2D eigenvalue weighted by Gasteiger charge is 2.27. The first-order chi connectivity index (χ1) is 20.5. The highest BCUT2D eigenvalue weighted by atomic mass is 35.5. The van der Waals surface area contributed by atoms with E-state index < -0.39 is 0 Å². The van der Waals surface area contributed by atoms with Gasteiger partial charge in [0.2, 0.25) is 5.95 Å². The van der Waals surface area contributed by atoms with Crippen molar-refractivity contribution in [2.24, 2.45) is 0 Å². The molecule has 3 aliphatic heterocycles. The van der Waals surface area contributed by atoms with Gasteiger partial charge in [-0.25, -0.2) is 4.98 Å². The molecule has 3 aromatic rings. The van der Waals surface area contributed by atoms with E-state index in [0.717, 1.165) is 56.3 Å². The summed E-state index contributed by atoms with van der Waals surface area (Å²) in [6, 6.07) is 13.9. The Bertz CT molecular complexity index is 1370. The molecule has 4 heterocycles. The smallest absolute Gasteiger partial charge is 0.229 e. The van der Waals surface area contributed by atoms with E-state index in [2.05, 4.69) is 91.2 Å². The Morgan fingerprint density at radius 3 is 2.55 bits per heavy atom. The molecule has 0 spiro atoms. The molecule has 0 aliphatic carbocycles. The average molecular weight is 607 g/mol. The summed E-state index contributed by atoms with van der Waals surface area (Å²) in [7, 11) is 2.23. The van der Waals surface area contributed by atoms with Crippen LogP contribution in [0.5, 0.6) is 0 Å². The predicted molar refractivity (Wildman–Crippen MR) is 179 cm³/mol. The fourth-order valence-electron chi connectivity index (χ4n) is 6.53. The predicted octanol–water partition coefficient (Wildman–Crippen LogP) is 6.43. The third kappa shape index (κ3) is 6.44. The topological polar surface area (TPSA) is 62.8 Å². The zero-order valence-electron chi connectivity index (χ0n) is 25.1. The molecule has 2 N–H and O–H groups in total. The molecule has 6 rings (SSSR count). The molecule has 1 aromatic heterocycles. The number of aryl methyl sites for hydroxylation is 2. The number of anilines is 6. The molecule has 2 saturated heterocycles. The van der Waals surface area contributed by atoms with E-state index in [9.17, 15) is 0 Å². The third-order valence-electron chi connectivity index (χ3n) is 8.99. The van der Waals surface area contributed by atoms with Gasteiger partial charge < -0.3 is 24.7 Å². The molecule has 8 nitrogen and oxygen atoms in total.